The Morgan fingerprint density at radius 3 is 2.38 bits per heavy atom. The first-order valence-electron chi connectivity index (χ1n) is 6.08. The molecule has 6 heteroatoms. The predicted octanol–water partition coefficient (Wildman–Crippen LogP) is 4.34. The van der Waals surface area contributed by atoms with Crippen LogP contribution < -0.4 is 0 Å². The Morgan fingerprint density at radius 1 is 1.10 bits per heavy atom. The number of rotatable bonds is 5. The second-order valence-corrected chi connectivity index (χ2v) is 5.33. The molecule has 0 spiro atoms. The zero-order valence-electron chi connectivity index (χ0n) is 10.8. The number of benzene rings is 2. The van der Waals surface area contributed by atoms with Crippen LogP contribution >= 0.6 is 11.8 Å². The SMILES string of the molecule is O=C(O)CCSc1c(-c2ccccc2)cc(F)c(F)c1F. The van der Waals surface area contributed by atoms with Gasteiger partial charge >= 0.3 is 5.97 Å². The van der Waals surface area contributed by atoms with Crippen LogP contribution in [0.2, 0.25) is 0 Å². The molecule has 0 saturated heterocycles. The van der Waals surface area contributed by atoms with Crippen molar-refractivity contribution in [2.24, 2.45) is 0 Å². The number of hydrogen-bond donors (Lipinski definition) is 1. The highest BCUT2D eigenvalue weighted by Crippen LogP contribution is 2.36. The Kier molecular flexibility index (Phi) is 4.90. The molecule has 0 aliphatic rings. The molecule has 0 radical (unpaired) electrons. The quantitative estimate of drug-likeness (QED) is 0.659. The number of carboxylic acids is 1. The molecule has 21 heavy (non-hydrogen) atoms. The number of carboxylic acid groups (broad SMARTS) is 1. The Bertz CT molecular complexity index is 660. The predicted molar refractivity (Wildman–Crippen MR) is 74.7 cm³/mol. The van der Waals surface area contributed by atoms with Crippen LogP contribution in [0.1, 0.15) is 6.42 Å². The van der Waals surface area contributed by atoms with Crippen molar-refractivity contribution in [2.45, 2.75) is 11.3 Å². The molecule has 0 saturated carbocycles. The number of halogens is 3. The summed E-state index contributed by atoms with van der Waals surface area (Å²) in [6.07, 6.45) is -0.197. The molecular weight excluding hydrogens is 301 g/mol. The average molecular weight is 312 g/mol. The minimum absolute atomic E-state index is 0.0666. The normalized spacial score (nSPS) is 10.6. The van der Waals surface area contributed by atoms with E-state index in [1.165, 1.54) is 0 Å². The van der Waals surface area contributed by atoms with Gasteiger partial charge in [0.2, 0.25) is 0 Å². The maximum Gasteiger partial charge on any atom is 0.304 e. The standard InChI is InChI=1S/C15H11F3O2S/c16-11-8-10(9-4-2-1-3-5-9)15(14(18)13(11)17)21-7-6-12(19)20/h1-5,8H,6-7H2,(H,19,20). The van der Waals surface area contributed by atoms with Gasteiger partial charge in [0.25, 0.3) is 0 Å². The third-order valence-electron chi connectivity index (χ3n) is 2.76. The monoisotopic (exact) mass is 312 g/mol. The minimum Gasteiger partial charge on any atom is -0.481 e. The van der Waals surface area contributed by atoms with Gasteiger partial charge in [-0.3, -0.25) is 4.79 Å². The van der Waals surface area contributed by atoms with Crippen molar-refractivity contribution in [1.29, 1.82) is 0 Å². The Morgan fingerprint density at radius 2 is 1.76 bits per heavy atom. The van der Waals surface area contributed by atoms with Crippen LogP contribution in [-0.4, -0.2) is 16.8 Å². The smallest absolute Gasteiger partial charge is 0.304 e. The molecule has 0 aliphatic carbocycles. The van der Waals surface area contributed by atoms with E-state index in [-0.39, 0.29) is 22.6 Å². The highest BCUT2D eigenvalue weighted by atomic mass is 32.2. The van der Waals surface area contributed by atoms with E-state index < -0.39 is 23.4 Å². The third kappa shape index (κ3) is 3.58. The van der Waals surface area contributed by atoms with Crippen molar-refractivity contribution in [3.05, 3.63) is 53.8 Å². The maximum atomic E-state index is 13.9. The molecule has 1 N–H and O–H groups in total. The summed E-state index contributed by atoms with van der Waals surface area (Å²) in [5, 5.41) is 8.60. The van der Waals surface area contributed by atoms with Gasteiger partial charge < -0.3 is 5.11 Å². The molecule has 0 aliphatic heterocycles. The van der Waals surface area contributed by atoms with E-state index in [1.807, 2.05) is 0 Å². The van der Waals surface area contributed by atoms with Gasteiger partial charge in [-0.25, -0.2) is 13.2 Å². The van der Waals surface area contributed by atoms with Crippen molar-refractivity contribution >= 4 is 17.7 Å². The van der Waals surface area contributed by atoms with Crippen molar-refractivity contribution in [3.63, 3.8) is 0 Å². The number of thioether (sulfide) groups is 1. The van der Waals surface area contributed by atoms with Crippen molar-refractivity contribution < 1.29 is 23.1 Å². The third-order valence-corrected chi connectivity index (χ3v) is 3.86. The van der Waals surface area contributed by atoms with Crippen molar-refractivity contribution in [2.75, 3.05) is 5.75 Å². The fraction of sp³-hybridized carbons (Fsp3) is 0.133. The lowest BCUT2D eigenvalue weighted by Crippen LogP contribution is -2.00. The van der Waals surface area contributed by atoms with Crippen LogP contribution in [0, 0.1) is 17.5 Å². The van der Waals surface area contributed by atoms with Gasteiger partial charge in [0.05, 0.1) is 11.3 Å². The van der Waals surface area contributed by atoms with E-state index in [1.54, 1.807) is 30.3 Å². The Hall–Kier alpha value is -1.95. The van der Waals surface area contributed by atoms with E-state index in [9.17, 15) is 18.0 Å². The molecule has 0 unspecified atom stereocenters. The average Bonchev–Trinajstić information content (AvgIpc) is 2.47. The summed E-state index contributed by atoms with van der Waals surface area (Å²) in [7, 11) is 0. The van der Waals surface area contributed by atoms with Crippen LogP contribution in [0.3, 0.4) is 0 Å². The first-order chi connectivity index (χ1) is 10.0. The highest BCUT2D eigenvalue weighted by molar-refractivity contribution is 7.99. The van der Waals surface area contributed by atoms with Gasteiger partial charge in [-0.1, -0.05) is 30.3 Å². The van der Waals surface area contributed by atoms with Crippen LogP contribution in [0.5, 0.6) is 0 Å². The summed E-state index contributed by atoms with van der Waals surface area (Å²) in [5.74, 6) is -5.07. The first-order valence-corrected chi connectivity index (χ1v) is 7.06. The van der Waals surface area contributed by atoms with E-state index in [0.717, 1.165) is 17.8 Å². The molecule has 2 aromatic carbocycles. The topological polar surface area (TPSA) is 37.3 Å². The fourth-order valence-electron chi connectivity index (χ4n) is 1.79. The highest BCUT2D eigenvalue weighted by Gasteiger charge is 2.20. The van der Waals surface area contributed by atoms with Crippen molar-refractivity contribution in [3.8, 4) is 11.1 Å². The van der Waals surface area contributed by atoms with Crippen LogP contribution in [0.15, 0.2) is 41.3 Å². The van der Waals surface area contributed by atoms with Crippen LogP contribution in [-0.2, 0) is 4.79 Å². The Balaban J connectivity index is 2.45. The molecule has 0 heterocycles. The molecule has 0 atom stereocenters. The first kappa shape index (κ1) is 15.4. The molecule has 0 amide bonds. The van der Waals surface area contributed by atoms with Gasteiger partial charge in [0.1, 0.15) is 0 Å². The second-order valence-electron chi connectivity index (χ2n) is 4.22. The van der Waals surface area contributed by atoms with Gasteiger partial charge in [0.15, 0.2) is 17.5 Å². The summed E-state index contributed by atoms with van der Waals surface area (Å²) in [4.78, 5) is 10.4. The van der Waals surface area contributed by atoms with Crippen LogP contribution in [0.4, 0.5) is 13.2 Å². The minimum atomic E-state index is -1.55. The zero-order valence-corrected chi connectivity index (χ0v) is 11.6. The van der Waals surface area contributed by atoms with E-state index >= 15 is 0 Å². The summed E-state index contributed by atoms with van der Waals surface area (Å²) >= 11 is 0.857. The van der Waals surface area contributed by atoms with E-state index in [4.69, 9.17) is 5.11 Å². The molecule has 2 aromatic rings. The van der Waals surface area contributed by atoms with Gasteiger partial charge in [-0.2, -0.15) is 0 Å². The van der Waals surface area contributed by atoms with Gasteiger partial charge in [-0.15, -0.1) is 11.8 Å². The Labute approximate surface area is 123 Å². The fourth-order valence-corrected chi connectivity index (χ4v) is 2.82. The number of aliphatic carboxylic acids is 1. The second kappa shape index (κ2) is 6.67. The molecule has 0 aromatic heterocycles. The molecule has 2 nitrogen and oxygen atoms in total. The summed E-state index contributed by atoms with van der Waals surface area (Å²) in [5.41, 5.74) is 0.746. The maximum absolute atomic E-state index is 13.9. The largest absolute Gasteiger partial charge is 0.481 e. The molecule has 110 valence electrons. The summed E-state index contributed by atoms with van der Waals surface area (Å²) in [6.45, 7) is 0. The zero-order chi connectivity index (χ0) is 15.4. The van der Waals surface area contributed by atoms with E-state index in [0.29, 0.717) is 5.56 Å². The van der Waals surface area contributed by atoms with Gasteiger partial charge in [0, 0.05) is 11.3 Å². The molecule has 2 rings (SSSR count). The number of carbonyl (C=O) groups is 1. The lowest BCUT2D eigenvalue weighted by molar-refractivity contribution is -0.136. The van der Waals surface area contributed by atoms with Crippen LogP contribution in [0.25, 0.3) is 11.1 Å². The summed E-state index contributed by atoms with van der Waals surface area (Å²) < 4.78 is 40.8. The van der Waals surface area contributed by atoms with Crippen molar-refractivity contribution in [1.82, 2.24) is 0 Å². The lowest BCUT2D eigenvalue weighted by atomic mass is 10.1. The molecular formula is C15H11F3O2S. The van der Waals surface area contributed by atoms with E-state index in [2.05, 4.69) is 0 Å². The van der Waals surface area contributed by atoms with Gasteiger partial charge in [-0.05, 0) is 11.6 Å². The number of hydrogen-bond acceptors (Lipinski definition) is 2. The lowest BCUT2D eigenvalue weighted by Gasteiger charge is -2.11. The summed E-state index contributed by atoms with van der Waals surface area (Å²) in [6, 6.07) is 9.36. The molecule has 0 bridgehead atoms. The molecule has 0 fully saturated rings.